The first-order chi connectivity index (χ1) is 17.4. The fourth-order valence-corrected chi connectivity index (χ4v) is 5.18. The lowest BCUT2D eigenvalue weighted by atomic mass is 10.0. The third kappa shape index (κ3) is 3.67. The Morgan fingerprint density at radius 1 is 1.08 bits per heavy atom. The monoisotopic (exact) mass is 492 g/mol. The van der Waals surface area contributed by atoms with E-state index in [2.05, 4.69) is 10.1 Å². The first-order valence-corrected chi connectivity index (χ1v) is 11.7. The number of rotatable bonds is 4. The van der Waals surface area contributed by atoms with Crippen LogP contribution in [0.4, 0.5) is 14.5 Å². The van der Waals surface area contributed by atoms with Gasteiger partial charge >= 0.3 is 5.97 Å². The molecular formula is C25H22F2N6O3. The second-order valence-electron chi connectivity index (χ2n) is 9.06. The Kier molecular flexibility index (Phi) is 5.20. The van der Waals surface area contributed by atoms with Crippen molar-refractivity contribution in [2.75, 3.05) is 18.0 Å². The molecule has 6 rings (SSSR count). The van der Waals surface area contributed by atoms with Gasteiger partial charge in [-0.1, -0.05) is 0 Å². The molecule has 1 saturated heterocycles. The van der Waals surface area contributed by atoms with E-state index < -0.39 is 17.6 Å². The van der Waals surface area contributed by atoms with E-state index >= 15 is 0 Å². The van der Waals surface area contributed by atoms with E-state index in [0.29, 0.717) is 48.5 Å². The van der Waals surface area contributed by atoms with Crippen LogP contribution in [-0.4, -0.2) is 54.1 Å². The molecule has 5 heterocycles. The number of carboxylic acids is 1. The van der Waals surface area contributed by atoms with Gasteiger partial charge in [0.2, 0.25) is 0 Å². The lowest BCUT2D eigenvalue weighted by molar-refractivity contribution is 0.0689. The molecule has 1 N–H and O–H groups in total. The number of nitrogens with zero attached hydrogens (tertiary/aromatic N) is 6. The molecule has 1 atom stereocenters. The van der Waals surface area contributed by atoms with E-state index in [1.54, 1.807) is 20.2 Å². The van der Waals surface area contributed by atoms with Crippen LogP contribution in [0.2, 0.25) is 0 Å². The lowest BCUT2D eigenvalue weighted by Crippen LogP contribution is -2.38. The SMILES string of the molecule is O=C(O)c1cn2c(n1)CN(C(=O)c1cnn3ccc(N4CCCC4c4cc(F)ccc4F)cc13)CC2. The molecule has 1 fully saturated rings. The Bertz CT molecular complexity index is 1510. The van der Waals surface area contributed by atoms with Crippen molar-refractivity contribution < 1.29 is 23.5 Å². The molecule has 0 spiro atoms. The molecule has 0 saturated carbocycles. The maximum atomic E-state index is 14.5. The summed E-state index contributed by atoms with van der Waals surface area (Å²) in [5, 5.41) is 13.5. The van der Waals surface area contributed by atoms with Gasteiger partial charge in [-0.15, -0.1) is 0 Å². The molecule has 0 bridgehead atoms. The third-order valence-electron chi connectivity index (χ3n) is 6.95. The van der Waals surface area contributed by atoms with E-state index in [0.717, 1.165) is 24.2 Å². The van der Waals surface area contributed by atoms with Crippen molar-refractivity contribution in [3.05, 3.63) is 83.2 Å². The van der Waals surface area contributed by atoms with Gasteiger partial charge in [0.1, 0.15) is 17.5 Å². The first kappa shape index (κ1) is 22.2. The van der Waals surface area contributed by atoms with Crippen LogP contribution in [0.1, 0.15) is 51.1 Å². The summed E-state index contributed by atoms with van der Waals surface area (Å²) in [6.45, 7) is 1.72. The van der Waals surface area contributed by atoms with Crippen LogP contribution in [0.25, 0.3) is 5.52 Å². The number of hydrogen-bond donors (Lipinski definition) is 1. The van der Waals surface area contributed by atoms with Gasteiger partial charge in [-0.2, -0.15) is 5.10 Å². The van der Waals surface area contributed by atoms with Crippen LogP contribution in [-0.2, 0) is 13.1 Å². The molecule has 1 unspecified atom stereocenters. The number of amides is 1. The van der Waals surface area contributed by atoms with Gasteiger partial charge in [0, 0.05) is 43.3 Å². The van der Waals surface area contributed by atoms with Gasteiger partial charge < -0.3 is 19.5 Å². The Morgan fingerprint density at radius 3 is 2.78 bits per heavy atom. The fourth-order valence-electron chi connectivity index (χ4n) is 5.18. The number of pyridine rings is 1. The molecule has 4 aromatic rings. The molecule has 0 radical (unpaired) electrons. The zero-order valence-electron chi connectivity index (χ0n) is 19.1. The van der Waals surface area contributed by atoms with Crippen LogP contribution in [0.5, 0.6) is 0 Å². The highest BCUT2D eigenvalue weighted by molar-refractivity contribution is 6.01. The predicted molar refractivity (Wildman–Crippen MR) is 125 cm³/mol. The van der Waals surface area contributed by atoms with Crippen molar-refractivity contribution in [2.24, 2.45) is 0 Å². The number of fused-ring (bicyclic) bond motifs is 2. The van der Waals surface area contributed by atoms with Gasteiger partial charge in [0.25, 0.3) is 5.91 Å². The van der Waals surface area contributed by atoms with Gasteiger partial charge in [0.15, 0.2) is 5.69 Å². The number of carbonyl (C=O) groups is 2. The van der Waals surface area contributed by atoms with Crippen molar-refractivity contribution in [1.82, 2.24) is 24.1 Å². The number of aromatic carboxylic acids is 1. The molecule has 1 aromatic carbocycles. The average Bonchev–Trinajstić information content (AvgIpc) is 3.62. The Hall–Kier alpha value is -4.28. The van der Waals surface area contributed by atoms with Crippen LogP contribution in [0.3, 0.4) is 0 Å². The van der Waals surface area contributed by atoms with E-state index in [9.17, 15) is 23.5 Å². The first-order valence-electron chi connectivity index (χ1n) is 11.7. The number of carboxylic acid groups (broad SMARTS) is 1. The zero-order valence-corrected chi connectivity index (χ0v) is 19.1. The van der Waals surface area contributed by atoms with E-state index in [4.69, 9.17) is 0 Å². The van der Waals surface area contributed by atoms with E-state index in [-0.39, 0.29) is 24.2 Å². The quantitative estimate of drug-likeness (QED) is 0.469. The topological polar surface area (TPSA) is 96.0 Å². The van der Waals surface area contributed by atoms with Gasteiger partial charge in [-0.05, 0) is 43.2 Å². The van der Waals surface area contributed by atoms with Crippen molar-refractivity contribution in [3.63, 3.8) is 0 Å². The Morgan fingerprint density at radius 2 is 1.94 bits per heavy atom. The van der Waals surface area contributed by atoms with Gasteiger partial charge in [-0.25, -0.2) is 23.1 Å². The normalized spacial score (nSPS) is 17.6. The second-order valence-corrected chi connectivity index (χ2v) is 9.06. The van der Waals surface area contributed by atoms with Crippen molar-refractivity contribution in [3.8, 4) is 0 Å². The number of benzene rings is 1. The lowest BCUT2D eigenvalue weighted by Gasteiger charge is -2.28. The number of imidazole rings is 1. The fraction of sp³-hybridized carbons (Fsp3) is 0.280. The van der Waals surface area contributed by atoms with Crippen LogP contribution in [0, 0.1) is 11.6 Å². The summed E-state index contributed by atoms with van der Waals surface area (Å²) >= 11 is 0. The molecule has 11 heteroatoms. The molecule has 36 heavy (non-hydrogen) atoms. The van der Waals surface area contributed by atoms with Crippen LogP contribution in [0.15, 0.2) is 48.9 Å². The summed E-state index contributed by atoms with van der Waals surface area (Å²) in [7, 11) is 0. The highest BCUT2D eigenvalue weighted by atomic mass is 19.1. The van der Waals surface area contributed by atoms with Crippen molar-refractivity contribution >= 4 is 23.1 Å². The molecule has 9 nitrogen and oxygen atoms in total. The summed E-state index contributed by atoms with van der Waals surface area (Å²) in [5.41, 5.74) is 2.08. The maximum absolute atomic E-state index is 14.5. The molecular weight excluding hydrogens is 470 g/mol. The van der Waals surface area contributed by atoms with Crippen molar-refractivity contribution in [2.45, 2.75) is 32.0 Å². The summed E-state index contributed by atoms with van der Waals surface area (Å²) in [5.74, 6) is -1.74. The third-order valence-corrected chi connectivity index (χ3v) is 6.95. The van der Waals surface area contributed by atoms with E-state index in [1.807, 2.05) is 17.0 Å². The summed E-state index contributed by atoms with van der Waals surface area (Å²) in [4.78, 5) is 32.5. The summed E-state index contributed by atoms with van der Waals surface area (Å²) in [6, 6.07) is 6.92. The van der Waals surface area contributed by atoms with Crippen LogP contribution >= 0.6 is 0 Å². The molecule has 1 amide bonds. The molecule has 3 aromatic heterocycles. The van der Waals surface area contributed by atoms with Crippen LogP contribution < -0.4 is 4.90 Å². The zero-order chi connectivity index (χ0) is 25.0. The van der Waals surface area contributed by atoms with Gasteiger partial charge in [0.05, 0.1) is 29.9 Å². The Labute approximate surface area is 204 Å². The molecule has 2 aliphatic rings. The largest absolute Gasteiger partial charge is 0.476 e. The molecule has 2 aliphatic heterocycles. The minimum absolute atomic E-state index is 0.0465. The number of aromatic nitrogens is 4. The molecule has 0 aliphatic carbocycles. The average molecular weight is 492 g/mol. The summed E-state index contributed by atoms with van der Waals surface area (Å²) < 4.78 is 31.8. The number of hydrogen-bond acceptors (Lipinski definition) is 5. The molecule has 184 valence electrons. The standard InChI is InChI=1S/C25H22F2N6O3/c26-15-3-4-19(27)17(10-15)21-2-1-6-32(21)16-5-7-33-22(11-16)18(12-28-33)24(34)31-9-8-30-13-20(25(35)36)29-23(30)14-31/h3-5,7,10-13,21H,1-2,6,8-9,14H2,(H,35,36). The number of halogens is 2. The van der Waals surface area contributed by atoms with E-state index in [1.165, 1.54) is 18.5 Å². The highest BCUT2D eigenvalue weighted by Crippen LogP contribution is 2.38. The van der Waals surface area contributed by atoms with Crippen molar-refractivity contribution in [1.29, 1.82) is 0 Å². The summed E-state index contributed by atoms with van der Waals surface area (Å²) in [6.07, 6.45) is 6.26. The number of carbonyl (C=O) groups excluding carboxylic acids is 1. The predicted octanol–water partition coefficient (Wildman–Crippen LogP) is 3.50. The van der Waals surface area contributed by atoms with Gasteiger partial charge in [-0.3, -0.25) is 4.79 Å². The number of anilines is 1. The highest BCUT2D eigenvalue weighted by Gasteiger charge is 2.30. The minimum Gasteiger partial charge on any atom is -0.476 e. The second kappa shape index (κ2) is 8.43. The minimum atomic E-state index is -1.11. The smallest absolute Gasteiger partial charge is 0.356 e. The Balaban J connectivity index is 1.30. The maximum Gasteiger partial charge on any atom is 0.356 e.